The van der Waals surface area contributed by atoms with E-state index in [1.165, 1.54) is 0 Å². The highest BCUT2D eigenvalue weighted by Crippen LogP contribution is 2.19. The zero-order valence-corrected chi connectivity index (χ0v) is 20.6. The molecule has 0 aliphatic carbocycles. The third-order valence-corrected chi connectivity index (χ3v) is 5.60. The van der Waals surface area contributed by atoms with Crippen molar-refractivity contribution in [2.24, 2.45) is 11.7 Å². The molecule has 0 aliphatic rings. The number of amides is 3. The van der Waals surface area contributed by atoms with Crippen LogP contribution in [0, 0.1) is 5.92 Å². The van der Waals surface area contributed by atoms with E-state index in [1.54, 1.807) is 12.3 Å². The number of rotatable bonds is 14. The number of carboxylic acid groups (broad SMARTS) is 2. The molecule has 0 fully saturated rings. The molecule has 4 unspecified atom stereocenters. The number of carbonyl (C=O) groups is 5. The Hall–Kier alpha value is -3.97. The Morgan fingerprint density at radius 1 is 0.919 bits per heavy atom. The number of para-hydroxylation sites is 1. The fourth-order valence-corrected chi connectivity index (χ4v) is 3.74. The van der Waals surface area contributed by atoms with Crippen molar-refractivity contribution >= 4 is 40.6 Å². The molecule has 0 saturated carbocycles. The van der Waals surface area contributed by atoms with Gasteiger partial charge in [0.2, 0.25) is 17.7 Å². The van der Waals surface area contributed by atoms with Gasteiger partial charge in [0.25, 0.3) is 0 Å². The number of carboxylic acids is 2. The second-order valence-corrected chi connectivity index (χ2v) is 9.10. The Bertz CT molecular complexity index is 1130. The van der Waals surface area contributed by atoms with E-state index in [4.69, 9.17) is 15.9 Å². The first kappa shape index (κ1) is 29.3. The Morgan fingerprint density at radius 3 is 2.11 bits per heavy atom. The quantitative estimate of drug-likeness (QED) is 0.154. The molecule has 0 spiro atoms. The molecule has 13 heteroatoms. The van der Waals surface area contributed by atoms with Gasteiger partial charge >= 0.3 is 11.9 Å². The van der Waals surface area contributed by atoms with Crippen LogP contribution in [0.1, 0.15) is 32.3 Å². The number of nitrogens with two attached hydrogens (primary N) is 1. The predicted octanol–water partition coefficient (Wildman–Crippen LogP) is -0.910. The van der Waals surface area contributed by atoms with Gasteiger partial charge in [-0.3, -0.25) is 19.2 Å². The molecule has 37 heavy (non-hydrogen) atoms. The maximum absolute atomic E-state index is 13.3. The summed E-state index contributed by atoms with van der Waals surface area (Å²) in [7, 11) is 0. The van der Waals surface area contributed by atoms with Crippen molar-refractivity contribution in [1.82, 2.24) is 20.9 Å². The summed E-state index contributed by atoms with van der Waals surface area (Å²) in [5.41, 5.74) is 7.45. The molecule has 0 bridgehead atoms. The highest BCUT2D eigenvalue weighted by atomic mass is 16.4. The van der Waals surface area contributed by atoms with Gasteiger partial charge < -0.3 is 42.0 Å². The van der Waals surface area contributed by atoms with Gasteiger partial charge in [-0.2, -0.15) is 0 Å². The minimum Gasteiger partial charge on any atom is -0.481 e. The molecule has 1 aromatic heterocycles. The maximum Gasteiger partial charge on any atom is 0.328 e. The molecular formula is C24H33N5O8. The second-order valence-electron chi connectivity index (χ2n) is 9.10. The van der Waals surface area contributed by atoms with Crippen molar-refractivity contribution < 1.29 is 39.3 Å². The van der Waals surface area contributed by atoms with Crippen molar-refractivity contribution in [3.05, 3.63) is 36.0 Å². The molecule has 0 saturated heterocycles. The molecule has 2 aromatic rings. The summed E-state index contributed by atoms with van der Waals surface area (Å²) in [6.07, 6.45) is 1.15. The van der Waals surface area contributed by atoms with Gasteiger partial charge in [-0.05, 0) is 24.0 Å². The summed E-state index contributed by atoms with van der Waals surface area (Å²) in [4.78, 5) is 64.1. The third-order valence-electron chi connectivity index (χ3n) is 5.60. The summed E-state index contributed by atoms with van der Waals surface area (Å²) in [6.45, 7) is 2.83. The lowest BCUT2D eigenvalue weighted by molar-refractivity contribution is -0.144. The highest BCUT2D eigenvalue weighted by Gasteiger charge is 2.32. The second kappa shape index (κ2) is 13.4. The van der Waals surface area contributed by atoms with Gasteiger partial charge in [-0.1, -0.05) is 32.0 Å². The molecule has 4 atom stereocenters. The number of hydrogen-bond donors (Lipinski definition) is 8. The van der Waals surface area contributed by atoms with E-state index in [-0.39, 0.29) is 12.3 Å². The summed E-state index contributed by atoms with van der Waals surface area (Å²) in [5, 5.41) is 35.1. The molecule has 2 rings (SSSR count). The van der Waals surface area contributed by atoms with Crippen LogP contribution in [0.3, 0.4) is 0 Å². The van der Waals surface area contributed by atoms with Gasteiger partial charge in [0, 0.05) is 23.5 Å². The Kier molecular flexibility index (Phi) is 10.6. The number of hydrogen-bond acceptors (Lipinski definition) is 7. The lowest BCUT2D eigenvalue weighted by Crippen LogP contribution is -2.58. The molecule has 13 nitrogen and oxygen atoms in total. The van der Waals surface area contributed by atoms with E-state index in [2.05, 4.69) is 15.6 Å². The first-order chi connectivity index (χ1) is 17.4. The first-order valence-electron chi connectivity index (χ1n) is 11.7. The molecule has 3 amide bonds. The summed E-state index contributed by atoms with van der Waals surface area (Å²) >= 11 is 0. The monoisotopic (exact) mass is 519 g/mol. The van der Waals surface area contributed by atoms with E-state index < -0.39 is 66.9 Å². The summed E-state index contributed by atoms with van der Waals surface area (Å²) in [6, 6.07) is 1.77. The van der Waals surface area contributed by atoms with Crippen LogP contribution in [0.25, 0.3) is 10.9 Å². The maximum atomic E-state index is 13.3. The SMILES string of the molecule is CC(C)CC(N)C(=O)NC(Cc1c[nH]c2ccccc12)C(=O)NC(CC(=O)O)C(=O)NC(CO)C(=O)O. The number of H-pyrrole nitrogens is 1. The van der Waals surface area contributed by atoms with Crippen LogP contribution in [0.2, 0.25) is 0 Å². The van der Waals surface area contributed by atoms with E-state index in [0.717, 1.165) is 10.9 Å². The normalized spacial score (nSPS) is 14.4. The van der Waals surface area contributed by atoms with Crippen molar-refractivity contribution in [2.75, 3.05) is 6.61 Å². The lowest BCUT2D eigenvalue weighted by atomic mass is 10.0. The van der Waals surface area contributed by atoms with Gasteiger partial charge in [-0.15, -0.1) is 0 Å². The molecule has 1 aromatic carbocycles. The third kappa shape index (κ3) is 8.58. The minimum atomic E-state index is -1.70. The number of aliphatic carboxylic acids is 2. The Morgan fingerprint density at radius 2 is 1.51 bits per heavy atom. The Balaban J connectivity index is 2.30. The standard InChI is InChI=1S/C24H33N5O8/c1-12(2)7-15(25)21(33)27-17(8-13-10-26-16-6-4-3-5-14(13)16)22(34)28-18(9-20(31)32)23(35)29-19(11-30)24(36)37/h3-6,10,12,15,17-19,26,30H,7-9,11,25H2,1-2H3,(H,27,33)(H,28,34)(H,29,35)(H,31,32)(H,36,37). The van der Waals surface area contributed by atoms with Crippen molar-refractivity contribution in [3.63, 3.8) is 0 Å². The van der Waals surface area contributed by atoms with Crippen molar-refractivity contribution in [1.29, 1.82) is 0 Å². The van der Waals surface area contributed by atoms with Crippen molar-refractivity contribution in [3.8, 4) is 0 Å². The molecule has 0 radical (unpaired) electrons. The van der Waals surface area contributed by atoms with E-state index in [1.807, 2.05) is 37.4 Å². The first-order valence-corrected chi connectivity index (χ1v) is 11.7. The average molecular weight is 520 g/mol. The summed E-state index contributed by atoms with van der Waals surface area (Å²) in [5.74, 6) is -5.45. The van der Waals surface area contributed by atoms with Crippen molar-refractivity contribution in [2.45, 2.75) is 57.3 Å². The number of aliphatic hydroxyl groups is 1. The fraction of sp³-hybridized carbons (Fsp3) is 0.458. The molecular weight excluding hydrogens is 486 g/mol. The topological polar surface area (TPSA) is 224 Å². The fourth-order valence-electron chi connectivity index (χ4n) is 3.74. The van der Waals surface area contributed by atoms with Crippen LogP contribution in [0.5, 0.6) is 0 Å². The van der Waals surface area contributed by atoms with Gasteiger partial charge in [0.1, 0.15) is 18.1 Å². The summed E-state index contributed by atoms with van der Waals surface area (Å²) < 4.78 is 0. The largest absolute Gasteiger partial charge is 0.481 e. The van der Waals surface area contributed by atoms with Gasteiger partial charge in [0.15, 0.2) is 0 Å². The highest BCUT2D eigenvalue weighted by molar-refractivity contribution is 5.96. The molecule has 202 valence electrons. The smallest absolute Gasteiger partial charge is 0.328 e. The molecule has 0 aliphatic heterocycles. The Labute approximate surface area is 212 Å². The van der Waals surface area contributed by atoms with Crippen LogP contribution in [-0.2, 0) is 30.4 Å². The number of aliphatic hydroxyl groups excluding tert-OH is 1. The minimum absolute atomic E-state index is 0.00815. The zero-order valence-electron chi connectivity index (χ0n) is 20.6. The van der Waals surface area contributed by atoms with E-state index in [9.17, 15) is 29.1 Å². The van der Waals surface area contributed by atoms with Crippen LogP contribution < -0.4 is 21.7 Å². The number of aromatic amines is 1. The van der Waals surface area contributed by atoms with Gasteiger partial charge in [0.05, 0.1) is 19.1 Å². The number of nitrogens with one attached hydrogen (secondary N) is 4. The number of fused-ring (bicyclic) bond motifs is 1. The van der Waals surface area contributed by atoms with Crippen LogP contribution in [0.15, 0.2) is 30.5 Å². The van der Waals surface area contributed by atoms with E-state index in [0.29, 0.717) is 12.0 Å². The number of carbonyl (C=O) groups excluding carboxylic acids is 3. The molecule has 1 heterocycles. The van der Waals surface area contributed by atoms with E-state index >= 15 is 0 Å². The van der Waals surface area contributed by atoms with Crippen LogP contribution >= 0.6 is 0 Å². The predicted molar refractivity (Wildman–Crippen MR) is 132 cm³/mol. The lowest BCUT2D eigenvalue weighted by Gasteiger charge is -2.24. The van der Waals surface area contributed by atoms with Crippen LogP contribution in [0.4, 0.5) is 0 Å². The zero-order chi connectivity index (χ0) is 27.7. The average Bonchev–Trinajstić information content (AvgIpc) is 3.23. The van der Waals surface area contributed by atoms with Crippen LogP contribution in [-0.4, -0.2) is 80.7 Å². The number of aromatic nitrogens is 1. The number of benzene rings is 1. The molecule has 9 N–H and O–H groups in total. The van der Waals surface area contributed by atoms with Gasteiger partial charge in [-0.25, -0.2) is 4.79 Å².